The van der Waals surface area contributed by atoms with Gasteiger partial charge in [0.05, 0.1) is 0 Å². The predicted molar refractivity (Wildman–Crippen MR) is 80.3 cm³/mol. The lowest BCUT2D eigenvalue weighted by molar-refractivity contribution is 0.450. The third kappa shape index (κ3) is 2.82. The van der Waals surface area contributed by atoms with E-state index >= 15 is 0 Å². The molecule has 2 heterocycles. The molecule has 2 aromatic rings. The van der Waals surface area contributed by atoms with Crippen molar-refractivity contribution in [1.82, 2.24) is 10.3 Å². The first kappa shape index (κ1) is 12.7. The summed E-state index contributed by atoms with van der Waals surface area (Å²) in [5.41, 5.74) is 2.74. The molecule has 1 aromatic carbocycles. The van der Waals surface area contributed by atoms with Crippen LogP contribution in [0.2, 0.25) is 0 Å². The SMILES string of the molecule is C[C@H](NC1CCSc2ccccc21)c1ccncc1. The van der Waals surface area contributed by atoms with Crippen LogP contribution in [-0.4, -0.2) is 10.7 Å². The van der Waals surface area contributed by atoms with Crippen LogP contribution in [0, 0.1) is 0 Å². The maximum atomic E-state index is 4.08. The number of hydrogen-bond donors (Lipinski definition) is 1. The van der Waals surface area contributed by atoms with Gasteiger partial charge >= 0.3 is 0 Å². The van der Waals surface area contributed by atoms with E-state index in [4.69, 9.17) is 0 Å². The second-order valence-corrected chi connectivity index (χ2v) is 6.03. The molecule has 3 rings (SSSR count). The second-order valence-electron chi connectivity index (χ2n) is 4.90. The molecule has 1 unspecified atom stereocenters. The van der Waals surface area contributed by atoms with Crippen molar-refractivity contribution in [3.05, 3.63) is 59.9 Å². The van der Waals surface area contributed by atoms with E-state index in [2.05, 4.69) is 53.6 Å². The minimum absolute atomic E-state index is 0.351. The highest BCUT2D eigenvalue weighted by molar-refractivity contribution is 7.99. The number of benzene rings is 1. The Morgan fingerprint density at radius 1 is 1.21 bits per heavy atom. The van der Waals surface area contributed by atoms with E-state index in [0.717, 1.165) is 0 Å². The van der Waals surface area contributed by atoms with Gasteiger partial charge in [0, 0.05) is 29.4 Å². The van der Waals surface area contributed by atoms with Crippen LogP contribution in [0.15, 0.2) is 53.7 Å². The van der Waals surface area contributed by atoms with Crippen LogP contribution in [0.4, 0.5) is 0 Å². The van der Waals surface area contributed by atoms with Crippen LogP contribution in [0.25, 0.3) is 0 Å². The molecule has 0 bridgehead atoms. The fourth-order valence-corrected chi connectivity index (χ4v) is 3.69. The Bertz CT molecular complexity index is 541. The van der Waals surface area contributed by atoms with Crippen molar-refractivity contribution in [3.63, 3.8) is 0 Å². The van der Waals surface area contributed by atoms with Gasteiger partial charge in [-0.2, -0.15) is 0 Å². The first-order chi connectivity index (χ1) is 9.34. The highest BCUT2D eigenvalue weighted by Gasteiger charge is 2.21. The molecule has 0 radical (unpaired) electrons. The van der Waals surface area contributed by atoms with Crippen molar-refractivity contribution in [2.45, 2.75) is 30.3 Å². The third-order valence-corrected chi connectivity index (χ3v) is 4.74. The Kier molecular flexibility index (Phi) is 3.85. The van der Waals surface area contributed by atoms with Crippen LogP contribution < -0.4 is 5.32 Å². The van der Waals surface area contributed by atoms with E-state index < -0.39 is 0 Å². The maximum Gasteiger partial charge on any atom is 0.0344 e. The molecule has 0 amide bonds. The van der Waals surface area contributed by atoms with Crippen molar-refractivity contribution in [1.29, 1.82) is 0 Å². The number of thioether (sulfide) groups is 1. The fraction of sp³-hybridized carbons (Fsp3) is 0.312. The summed E-state index contributed by atoms with van der Waals surface area (Å²) in [6, 6.07) is 13.7. The lowest BCUT2D eigenvalue weighted by Gasteiger charge is -2.29. The van der Waals surface area contributed by atoms with Gasteiger partial charge in [0.25, 0.3) is 0 Å². The minimum Gasteiger partial charge on any atom is -0.303 e. The number of nitrogens with one attached hydrogen (secondary N) is 1. The molecule has 0 saturated carbocycles. The Morgan fingerprint density at radius 2 is 2.00 bits per heavy atom. The summed E-state index contributed by atoms with van der Waals surface area (Å²) in [4.78, 5) is 5.50. The van der Waals surface area contributed by atoms with E-state index in [0.29, 0.717) is 12.1 Å². The van der Waals surface area contributed by atoms with Crippen molar-refractivity contribution in [2.75, 3.05) is 5.75 Å². The van der Waals surface area contributed by atoms with Crippen LogP contribution in [-0.2, 0) is 0 Å². The number of pyridine rings is 1. The molecule has 98 valence electrons. The van der Waals surface area contributed by atoms with Gasteiger partial charge in [-0.1, -0.05) is 18.2 Å². The number of nitrogens with zero attached hydrogens (tertiary/aromatic N) is 1. The van der Waals surface area contributed by atoms with Crippen LogP contribution in [0.1, 0.15) is 36.6 Å². The standard InChI is InChI=1S/C16H18N2S/c1-12(13-6-9-17-10-7-13)18-15-8-11-19-16-5-3-2-4-14(15)16/h2-7,9-10,12,15,18H,8,11H2,1H3/t12-,15?/m0/s1. The van der Waals surface area contributed by atoms with Gasteiger partial charge in [-0.3, -0.25) is 4.98 Å². The first-order valence-electron chi connectivity index (χ1n) is 6.72. The Morgan fingerprint density at radius 3 is 2.84 bits per heavy atom. The lowest BCUT2D eigenvalue weighted by Crippen LogP contribution is -2.27. The van der Waals surface area contributed by atoms with Gasteiger partial charge in [0.15, 0.2) is 0 Å². The Balaban J connectivity index is 1.78. The Hall–Kier alpha value is -1.32. The zero-order valence-corrected chi connectivity index (χ0v) is 11.9. The first-order valence-corrected chi connectivity index (χ1v) is 7.71. The number of hydrogen-bond acceptors (Lipinski definition) is 3. The van der Waals surface area contributed by atoms with Gasteiger partial charge in [-0.25, -0.2) is 0 Å². The molecule has 0 fully saturated rings. The van der Waals surface area contributed by atoms with E-state index in [9.17, 15) is 0 Å². The summed E-state index contributed by atoms with van der Waals surface area (Å²) >= 11 is 1.97. The molecular weight excluding hydrogens is 252 g/mol. The van der Waals surface area contributed by atoms with Gasteiger partial charge in [0.1, 0.15) is 0 Å². The second kappa shape index (κ2) is 5.76. The smallest absolute Gasteiger partial charge is 0.0344 e. The average Bonchev–Trinajstić information content (AvgIpc) is 2.48. The molecule has 0 saturated heterocycles. The summed E-state index contributed by atoms with van der Waals surface area (Å²) in [7, 11) is 0. The van der Waals surface area contributed by atoms with Crippen molar-refractivity contribution in [3.8, 4) is 0 Å². The summed E-state index contributed by atoms with van der Waals surface area (Å²) in [5.74, 6) is 1.19. The number of fused-ring (bicyclic) bond motifs is 1. The summed E-state index contributed by atoms with van der Waals surface area (Å²) in [5, 5.41) is 3.75. The monoisotopic (exact) mass is 270 g/mol. The van der Waals surface area contributed by atoms with Crippen molar-refractivity contribution >= 4 is 11.8 Å². The summed E-state index contributed by atoms with van der Waals surface area (Å²) in [6.45, 7) is 2.22. The van der Waals surface area contributed by atoms with E-state index in [1.165, 1.54) is 28.2 Å². The van der Waals surface area contributed by atoms with Gasteiger partial charge in [0.2, 0.25) is 0 Å². The molecule has 0 spiro atoms. The fourth-order valence-electron chi connectivity index (χ4n) is 2.57. The third-order valence-electron chi connectivity index (χ3n) is 3.62. The number of rotatable bonds is 3. The van der Waals surface area contributed by atoms with Crippen LogP contribution in [0.5, 0.6) is 0 Å². The molecule has 1 N–H and O–H groups in total. The highest BCUT2D eigenvalue weighted by atomic mass is 32.2. The average molecular weight is 270 g/mol. The van der Waals surface area contributed by atoms with Gasteiger partial charge < -0.3 is 5.32 Å². The molecule has 1 aliphatic heterocycles. The normalized spacial score (nSPS) is 19.7. The van der Waals surface area contributed by atoms with Gasteiger partial charge in [-0.15, -0.1) is 11.8 Å². The molecule has 1 aromatic heterocycles. The largest absolute Gasteiger partial charge is 0.303 e. The quantitative estimate of drug-likeness (QED) is 0.913. The number of aromatic nitrogens is 1. The minimum atomic E-state index is 0.351. The molecule has 2 atom stereocenters. The van der Waals surface area contributed by atoms with Crippen LogP contribution in [0.3, 0.4) is 0 Å². The molecule has 19 heavy (non-hydrogen) atoms. The summed E-state index contributed by atoms with van der Waals surface area (Å²) < 4.78 is 0. The van der Waals surface area contributed by atoms with E-state index in [1.807, 2.05) is 24.2 Å². The van der Waals surface area contributed by atoms with Gasteiger partial charge in [-0.05, 0) is 48.4 Å². The van der Waals surface area contributed by atoms with Crippen molar-refractivity contribution in [2.24, 2.45) is 0 Å². The molecule has 3 heteroatoms. The molecule has 0 aliphatic carbocycles. The molecule has 1 aliphatic rings. The van der Waals surface area contributed by atoms with Crippen molar-refractivity contribution < 1.29 is 0 Å². The summed E-state index contributed by atoms with van der Waals surface area (Å²) in [6.07, 6.45) is 4.91. The van der Waals surface area contributed by atoms with E-state index in [-0.39, 0.29) is 0 Å². The van der Waals surface area contributed by atoms with Crippen LogP contribution >= 0.6 is 11.8 Å². The highest BCUT2D eigenvalue weighted by Crippen LogP contribution is 2.36. The zero-order valence-electron chi connectivity index (χ0n) is 11.0. The topological polar surface area (TPSA) is 24.9 Å². The Labute approximate surface area is 118 Å². The molecule has 2 nitrogen and oxygen atoms in total. The molecular formula is C16H18N2S. The lowest BCUT2D eigenvalue weighted by atomic mass is 10.0. The maximum absolute atomic E-state index is 4.08. The predicted octanol–water partition coefficient (Wildman–Crippen LogP) is 3.97. The van der Waals surface area contributed by atoms with E-state index in [1.54, 1.807) is 0 Å². The zero-order chi connectivity index (χ0) is 13.1.